The molecule has 0 unspecified atom stereocenters. The number of hydrogen-bond donors (Lipinski definition) is 3. The summed E-state index contributed by atoms with van der Waals surface area (Å²) < 4.78 is 5.03. The Morgan fingerprint density at radius 1 is 1.35 bits per heavy atom. The minimum atomic E-state index is 0.335. The zero-order chi connectivity index (χ0) is 14.4. The molecule has 0 spiro atoms. The van der Waals surface area contributed by atoms with Crippen molar-refractivity contribution >= 4 is 23.0 Å². The van der Waals surface area contributed by atoms with E-state index in [4.69, 9.17) is 10.6 Å². The summed E-state index contributed by atoms with van der Waals surface area (Å²) in [6.07, 6.45) is 2.91. The monoisotopic (exact) mass is 294 g/mol. The molecule has 0 aromatic carbocycles. The molecule has 0 amide bonds. The van der Waals surface area contributed by atoms with E-state index in [1.54, 1.807) is 24.5 Å². The number of rotatable bonds is 7. The number of nitrogens with zero attached hydrogens (tertiary/aromatic N) is 3. The number of nitrogen functional groups attached to an aromatic ring is 1. The third-order valence-corrected chi connectivity index (χ3v) is 3.71. The molecular formula is C12H18N6OS. The summed E-state index contributed by atoms with van der Waals surface area (Å²) in [5, 5.41) is 4.24. The fourth-order valence-corrected chi connectivity index (χ4v) is 2.42. The smallest absolute Gasteiger partial charge is 0.158 e. The quantitative estimate of drug-likeness (QED) is 0.526. The molecular weight excluding hydrogens is 276 g/mol. The van der Waals surface area contributed by atoms with Gasteiger partial charge in [-0.1, -0.05) is 6.92 Å². The van der Waals surface area contributed by atoms with Crippen molar-refractivity contribution in [3.63, 3.8) is 0 Å². The van der Waals surface area contributed by atoms with Crippen LogP contribution in [-0.2, 0) is 24.3 Å². The number of ether oxygens (including phenoxy) is 1. The summed E-state index contributed by atoms with van der Waals surface area (Å²) in [6, 6.07) is 1.74. The molecule has 0 fully saturated rings. The number of aryl methyl sites for hydroxylation is 1. The predicted molar refractivity (Wildman–Crippen MR) is 79.4 cm³/mol. The van der Waals surface area contributed by atoms with Gasteiger partial charge in [0.25, 0.3) is 0 Å². The van der Waals surface area contributed by atoms with E-state index in [0.717, 1.165) is 11.4 Å². The number of methoxy groups -OCH3 is 1. The van der Waals surface area contributed by atoms with E-state index in [2.05, 4.69) is 32.6 Å². The molecule has 0 saturated heterocycles. The van der Waals surface area contributed by atoms with Gasteiger partial charge in [-0.25, -0.2) is 20.8 Å². The molecule has 8 heteroatoms. The lowest BCUT2D eigenvalue weighted by atomic mass is 10.4. The number of hydrazine groups is 1. The second-order valence-corrected chi connectivity index (χ2v) is 5.26. The Labute approximate surface area is 121 Å². The van der Waals surface area contributed by atoms with Gasteiger partial charge in [0, 0.05) is 24.3 Å². The average Bonchev–Trinajstić information content (AvgIpc) is 2.93. The summed E-state index contributed by atoms with van der Waals surface area (Å²) in [4.78, 5) is 14.2. The first-order chi connectivity index (χ1) is 9.75. The Morgan fingerprint density at radius 2 is 2.15 bits per heavy atom. The number of nitrogens with one attached hydrogen (secondary N) is 2. The van der Waals surface area contributed by atoms with Crippen molar-refractivity contribution in [3.8, 4) is 0 Å². The van der Waals surface area contributed by atoms with Crippen LogP contribution in [0.4, 0.5) is 11.6 Å². The minimum Gasteiger partial charge on any atom is -0.377 e. The molecule has 4 N–H and O–H groups in total. The Balaban J connectivity index is 2.05. The van der Waals surface area contributed by atoms with Crippen molar-refractivity contribution in [2.45, 2.75) is 26.5 Å². The molecule has 0 aliphatic carbocycles. The molecule has 0 bridgehead atoms. The van der Waals surface area contributed by atoms with Crippen LogP contribution in [0.25, 0.3) is 0 Å². The van der Waals surface area contributed by atoms with Crippen LogP contribution in [0.3, 0.4) is 0 Å². The molecule has 0 aliphatic heterocycles. The molecule has 2 rings (SSSR count). The lowest BCUT2D eigenvalue weighted by molar-refractivity contribution is 0.178. The van der Waals surface area contributed by atoms with Crippen molar-refractivity contribution in [2.75, 3.05) is 17.9 Å². The van der Waals surface area contributed by atoms with Crippen LogP contribution in [-0.4, -0.2) is 22.1 Å². The SMILES string of the molecule is CCc1cnc(CNc2cc(NN)nc(COC)n2)s1. The first-order valence-corrected chi connectivity index (χ1v) is 7.07. The maximum atomic E-state index is 5.39. The van der Waals surface area contributed by atoms with Gasteiger partial charge >= 0.3 is 0 Å². The Hall–Kier alpha value is -1.77. The molecule has 2 aromatic rings. The van der Waals surface area contributed by atoms with Gasteiger partial charge in [0.05, 0.1) is 6.54 Å². The highest BCUT2D eigenvalue weighted by Crippen LogP contribution is 2.16. The van der Waals surface area contributed by atoms with Crippen LogP contribution in [0.2, 0.25) is 0 Å². The summed E-state index contributed by atoms with van der Waals surface area (Å²) in [5.74, 6) is 7.19. The Morgan fingerprint density at radius 3 is 2.80 bits per heavy atom. The van der Waals surface area contributed by atoms with Gasteiger partial charge in [0.15, 0.2) is 5.82 Å². The maximum Gasteiger partial charge on any atom is 0.158 e. The second-order valence-electron chi connectivity index (χ2n) is 4.06. The summed E-state index contributed by atoms with van der Waals surface area (Å²) >= 11 is 1.69. The summed E-state index contributed by atoms with van der Waals surface area (Å²) in [7, 11) is 1.60. The number of thiazole rings is 1. The van der Waals surface area contributed by atoms with Gasteiger partial charge in [-0.15, -0.1) is 11.3 Å². The van der Waals surface area contributed by atoms with Gasteiger partial charge in [-0.2, -0.15) is 0 Å². The normalized spacial score (nSPS) is 10.6. The fourth-order valence-electron chi connectivity index (χ4n) is 1.61. The van der Waals surface area contributed by atoms with Gasteiger partial charge in [-0.3, -0.25) is 0 Å². The third kappa shape index (κ3) is 3.86. The largest absolute Gasteiger partial charge is 0.377 e. The Kier molecular flexibility index (Phi) is 5.22. The van der Waals surface area contributed by atoms with E-state index in [1.165, 1.54) is 4.88 Å². The minimum absolute atomic E-state index is 0.335. The van der Waals surface area contributed by atoms with Crippen LogP contribution in [0.5, 0.6) is 0 Å². The lowest BCUT2D eigenvalue weighted by Gasteiger charge is -2.08. The highest BCUT2D eigenvalue weighted by Gasteiger charge is 2.05. The third-order valence-electron chi connectivity index (χ3n) is 2.56. The molecule has 108 valence electrons. The van der Waals surface area contributed by atoms with Crippen molar-refractivity contribution in [1.82, 2.24) is 15.0 Å². The molecule has 0 atom stereocenters. The van der Waals surface area contributed by atoms with Crippen LogP contribution < -0.4 is 16.6 Å². The first kappa shape index (κ1) is 14.6. The average molecular weight is 294 g/mol. The Bertz CT molecular complexity index is 559. The van der Waals surface area contributed by atoms with Crippen LogP contribution in [0.15, 0.2) is 12.3 Å². The van der Waals surface area contributed by atoms with Gasteiger partial charge in [0.1, 0.15) is 23.3 Å². The number of anilines is 2. The van der Waals surface area contributed by atoms with Crippen molar-refractivity contribution in [1.29, 1.82) is 0 Å². The second kappa shape index (κ2) is 7.13. The molecule has 0 aliphatic rings. The van der Waals surface area contributed by atoms with Gasteiger partial charge in [-0.05, 0) is 6.42 Å². The zero-order valence-electron chi connectivity index (χ0n) is 11.5. The standard InChI is InChI=1S/C12H18N6OS/c1-3-8-5-15-12(20-8)6-14-9-4-10(18-13)17-11(16-9)7-19-2/h4-5H,3,6-7,13H2,1-2H3,(H2,14,16,17,18). The highest BCUT2D eigenvalue weighted by molar-refractivity contribution is 7.11. The summed E-state index contributed by atoms with van der Waals surface area (Å²) in [5.41, 5.74) is 2.52. The van der Waals surface area contributed by atoms with E-state index in [-0.39, 0.29) is 0 Å². The lowest BCUT2D eigenvalue weighted by Crippen LogP contribution is -2.12. The van der Waals surface area contributed by atoms with Crippen LogP contribution in [0.1, 0.15) is 22.6 Å². The fraction of sp³-hybridized carbons (Fsp3) is 0.417. The van der Waals surface area contributed by atoms with E-state index < -0.39 is 0 Å². The molecule has 7 nitrogen and oxygen atoms in total. The molecule has 0 radical (unpaired) electrons. The van der Waals surface area contributed by atoms with Crippen molar-refractivity contribution < 1.29 is 4.74 Å². The molecule has 2 heterocycles. The van der Waals surface area contributed by atoms with Crippen LogP contribution >= 0.6 is 11.3 Å². The number of aromatic nitrogens is 3. The number of nitrogens with two attached hydrogens (primary N) is 1. The van der Waals surface area contributed by atoms with Crippen LogP contribution in [0, 0.1) is 0 Å². The molecule has 2 aromatic heterocycles. The van der Waals surface area contributed by atoms with E-state index >= 15 is 0 Å². The highest BCUT2D eigenvalue weighted by atomic mass is 32.1. The van der Waals surface area contributed by atoms with Gasteiger partial charge < -0.3 is 15.5 Å². The molecule has 0 saturated carbocycles. The summed E-state index contributed by atoms with van der Waals surface area (Å²) in [6.45, 7) is 3.07. The van der Waals surface area contributed by atoms with E-state index in [0.29, 0.717) is 30.6 Å². The number of hydrogen-bond acceptors (Lipinski definition) is 8. The van der Waals surface area contributed by atoms with E-state index in [9.17, 15) is 0 Å². The topological polar surface area (TPSA) is 98.0 Å². The maximum absolute atomic E-state index is 5.39. The van der Waals surface area contributed by atoms with Gasteiger partial charge in [0.2, 0.25) is 0 Å². The predicted octanol–water partition coefficient (Wildman–Crippen LogP) is 1.54. The van der Waals surface area contributed by atoms with Crippen molar-refractivity contribution in [3.05, 3.63) is 28.0 Å². The zero-order valence-corrected chi connectivity index (χ0v) is 12.3. The molecule has 20 heavy (non-hydrogen) atoms. The van der Waals surface area contributed by atoms with Crippen molar-refractivity contribution in [2.24, 2.45) is 5.84 Å². The van der Waals surface area contributed by atoms with E-state index in [1.807, 2.05) is 6.20 Å². The first-order valence-electron chi connectivity index (χ1n) is 6.26.